The second kappa shape index (κ2) is 15.1. The van der Waals surface area contributed by atoms with Gasteiger partial charge in [-0.2, -0.15) is 5.10 Å². The maximum Gasteiger partial charge on any atom is 0.305 e. The van der Waals surface area contributed by atoms with Crippen molar-refractivity contribution in [2.45, 2.75) is 39.2 Å². The zero-order chi connectivity index (χ0) is 33.5. The van der Waals surface area contributed by atoms with Crippen LogP contribution in [0.15, 0.2) is 60.9 Å². The summed E-state index contributed by atoms with van der Waals surface area (Å²) in [4.78, 5) is 37.9. The minimum absolute atomic E-state index is 0.0685. The van der Waals surface area contributed by atoms with Crippen LogP contribution < -0.4 is 19.7 Å². The molecule has 1 aliphatic rings. The number of rotatable bonds is 12. The molecule has 0 spiro atoms. The van der Waals surface area contributed by atoms with E-state index in [2.05, 4.69) is 10.4 Å². The van der Waals surface area contributed by atoms with Crippen LogP contribution >= 0.6 is 11.6 Å². The van der Waals surface area contributed by atoms with E-state index < -0.39 is 23.5 Å². The summed E-state index contributed by atoms with van der Waals surface area (Å²) in [5.74, 6) is -2.64. The van der Waals surface area contributed by atoms with Gasteiger partial charge in [0.25, 0.3) is 5.91 Å². The van der Waals surface area contributed by atoms with Crippen LogP contribution in [-0.4, -0.2) is 59.0 Å². The molecule has 0 radical (unpaired) electrons. The number of hydrogen-bond donors (Lipinski definition) is 2. The number of aromatic nitrogens is 2. The third kappa shape index (κ3) is 8.07. The first-order chi connectivity index (χ1) is 22.6. The quantitative estimate of drug-likeness (QED) is 0.177. The minimum Gasteiger partial charge on any atom is -0.493 e. The number of fused-ring (bicyclic) bond motifs is 1. The summed E-state index contributed by atoms with van der Waals surface area (Å²) >= 11 is 6.17. The number of carbonyl (C=O) groups is 3. The Morgan fingerprint density at radius 2 is 1.87 bits per heavy atom. The van der Waals surface area contributed by atoms with E-state index in [1.807, 2.05) is 37.3 Å². The molecule has 0 saturated heterocycles. The summed E-state index contributed by atoms with van der Waals surface area (Å²) in [5, 5.41) is 15.9. The second-order valence-corrected chi connectivity index (χ2v) is 11.4. The Labute approximate surface area is 274 Å². The van der Waals surface area contributed by atoms with E-state index in [0.29, 0.717) is 65.9 Å². The number of nitrogens with zero attached hydrogens (tertiary/aromatic N) is 3. The maximum atomic E-state index is 14.9. The molecule has 4 aromatic rings. The predicted octanol–water partition coefficient (Wildman–Crippen LogP) is 6.02. The number of aliphatic carboxylic acids is 1. The zero-order valence-corrected chi connectivity index (χ0v) is 26.4. The molecule has 0 fully saturated rings. The number of para-hydroxylation sites is 1. The largest absolute Gasteiger partial charge is 0.493 e. The molecule has 1 aromatic heterocycles. The molecule has 47 heavy (non-hydrogen) atoms. The predicted molar refractivity (Wildman–Crippen MR) is 171 cm³/mol. The monoisotopic (exact) mass is 666 g/mol. The third-order valence-corrected chi connectivity index (χ3v) is 8.07. The van der Waals surface area contributed by atoms with Gasteiger partial charge in [-0.3, -0.25) is 19.1 Å². The van der Waals surface area contributed by atoms with Gasteiger partial charge in [-0.1, -0.05) is 29.8 Å². The highest BCUT2D eigenvalue weighted by Gasteiger charge is 2.25. The van der Waals surface area contributed by atoms with E-state index in [4.69, 9.17) is 26.2 Å². The first-order valence-corrected chi connectivity index (χ1v) is 15.4. The topological polar surface area (TPSA) is 123 Å². The Kier molecular flexibility index (Phi) is 10.7. The molecule has 1 aliphatic heterocycles. The van der Waals surface area contributed by atoms with Crippen LogP contribution in [-0.2, 0) is 16.1 Å². The number of amides is 2. The fourth-order valence-electron chi connectivity index (χ4n) is 5.20. The number of carbonyl (C=O) groups excluding carboxylic acids is 2. The molecular formula is C34H33ClF2N4O6. The molecule has 5 rings (SSSR count). The second-order valence-electron chi connectivity index (χ2n) is 11.0. The first kappa shape index (κ1) is 33.4. The van der Waals surface area contributed by atoms with Gasteiger partial charge in [0.1, 0.15) is 17.4 Å². The summed E-state index contributed by atoms with van der Waals surface area (Å²) in [6.45, 7) is 2.68. The van der Waals surface area contributed by atoms with Gasteiger partial charge in [-0.15, -0.1) is 0 Å². The van der Waals surface area contributed by atoms with Crippen molar-refractivity contribution in [3.63, 3.8) is 0 Å². The number of benzene rings is 3. The van der Waals surface area contributed by atoms with Gasteiger partial charge in [0.05, 0.1) is 38.1 Å². The van der Waals surface area contributed by atoms with Gasteiger partial charge in [0, 0.05) is 58.5 Å². The summed E-state index contributed by atoms with van der Waals surface area (Å²) in [6.07, 6.45) is 4.25. The average Bonchev–Trinajstić information content (AvgIpc) is 3.39. The Morgan fingerprint density at radius 1 is 1.11 bits per heavy atom. The SMILES string of the molecule is Cc1c(Cl)cccc1OCCCC(=O)N1CCCOc2c(-c3cnn(Cc4c(F)cc(C(=O)NCCC(=O)O)cc4F)c3)cccc21. The summed E-state index contributed by atoms with van der Waals surface area (Å²) in [6, 6.07) is 12.7. The molecule has 0 unspecified atom stereocenters. The van der Waals surface area contributed by atoms with E-state index in [9.17, 15) is 23.2 Å². The Hall–Kier alpha value is -4.97. The van der Waals surface area contributed by atoms with Gasteiger partial charge < -0.3 is 24.8 Å². The molecule has 2 amide bonds. The lowest BCUT2D eigenvalue weighted by molar-refractivity contribution is -0.136. The van der Waals surface area contributed by atoms with E-state index in [1.54, 1.807) is 23.4 Å². The van der Waals surface area contributed by atoms with Crippen LogP contribution in [0.1, 0.15) is 47.2 Å². The summed E-state index contributed by atoms with van der Waals surface area (Å²) in [7, 11) is 0. The molecular weight excluding hydrogens is 634 g/mol. The van der Waals surface area contributed by atoms with Crippen LogP contribution in [0.25, 0.3) is 11.1 Å². The fraction of sp³-hybridized carbons (Fsp3) is 0.294. The highest BCUT2D eigenvalue weighted by molar-refractivity contribution is 6.31. The number of hydrogen-bond acceptors (Lipinski definition) is 6. The number of carboxylic acids is 1. The molecule has 2 N–H and O–H groups in total. The lowest BCUT2D eigenvalue weighted by Crippen LogP contribution is -2.31. The van der Waals surface area contributed by atoms with Crippen LogP contribution in [0, 0.1) is 18.6 Å². The van der Waals surface area contributed by atoms with Crippen molar-refractivity contribution in [1.29, 1.82) is 0 Å². The van der Waals surface area contributed by atoms with Crippen LogP contribution in [0.3, 0.4) is 0 Å². The standard InChI is InChI=1S/C34H33ClF2N4O6/c1-21-26(35)7-3-9-30(21)46-14-4-10-31(42)41-13-5-15-47-33-24(6-2-8-29(33)41)23-18-39-40(19-23)20-25-27(36)16-22(17-28(25)37)34(45)38-12-11-32(43)44/h2-3,6-9,16-19H,4-5,10-15,20H2,1H3,(H,38,45)(H,43,44). The normalized spacial score (nSPS) is 12.6. The van der Waals surface area contributed by atoms with Gasteiger partial charge in [-0.05, 0) is 50.1 Å². The van der Waals surface area contributed by atoms with Gasteiger partial charge in [0.15, 0.2) is 5.75 Å². The Balaban J connectivity index is 1.27. The van der Waals surface area contributed by atoms with Crippen LogP contribution in [0.2, 0.25) is 5.02 Å². The van der Waals surface area contributed by atoms with Crippen molar-refractivity contribution in [1.82, 2.24) is 15.1 Å². The van der Waals surface area contributed by atoms with E-state index in [0.717, 1.165) is 17.7 Å². The lowest BCUT2D eigenvalue weighted by Gasteiger charge is -2.23. The van der Waals surface area contributed by atoms with Crippen LogP contribution in [0.5, 0.6) is 11.5 Å². The molecule has 0 bridgehead atoms. The lowest BCUT2D eigenvalue weighted by atomic mass is 10.1. The average molecular weight is 667 g/mol. The van der Waals surface area contributed by atoms with Crippen molar-refractivity contribution < 1.29 is 37.7 Å². The molecule has 3 aromatic carbocycles. The van der Waals surface area contributed by atoms with Crippen molar-refractivity contribution >= 4 is 35.1 Å². The van der Waals surface area contributed by atoms with Gasteiger partial charge in [-0.25, -0.2) is 8.78 Å². The molecule has 0 atom stereocenters. The number of halogens is 3. The molecule has 0 aliphatic carbocycles. The van der Waals surface area contributed by atoms with E-state index in [1.165, 1.54) is 4.68 Å². The Bertz CT molecular complexity index is 1770. The highest BCUT2D eigenvalue weighted by Crippen LogP contribution is 2.40. The number of anilines is 1. The van der Waals surface area contributed by atoms with Gasteiger partial charge in [0.2, 0.25) is 5.91 Å². The maximum absolute atomic E-state index is 14.9. The van der Waals surface area contributed by atoms with Gasteiger partial charge >= 0.3 is 5.97 Å². The fourth-order valence-corrected chi connectivity index (χ4v) is 5.36. The molecule has 10 nitrogen and oxygen atoms in total. The highest BCUT2D eigenvalue weighted by atomic mass is 35.5. The number of ether oxygens (including phenoxy) is 2. The molecule has 0 saturated carbocycles. The van der Waals surface area contributed by atoms with Crippen molar-refractivity contribution in [2.75, 3.05) is 31.2 Å². The zero-order valence-electron chi connectivity index (χ0n) is 25.6. The molecule has 2 heterocycles. The van der Waals surface area contributed by atoms with E-state index in [-0.39, 0.29) is 43.0 Å². The smallest absolute Gasteiger partial charge is 0.305 e. The third-order valence-electron chi connectivity index (χ3n) is 7.66. The van der Waals surface area contributed by atoms with E-state index >= 15 is 0 Å². The van der Waals surface area contributed by atoms with Crippen molar-refractivity contribution in [3.05, 3.63) is 94.3 Å². The van der Waals surface area contributed by atoms with Crippen molar-refractivity contribution in [3.8, 4) is 22.6 Å². The summed E-state index contributed by atoms with van der Waals surface area (Å²) in [5.41, 5.74) is 2.20. The number of nitrogens with one attached hydrogen (secondary N) is 1. The molecule has 246 valence electrons. The number of carboxylic acid groups (broad SMARTS) is 1. The molecule has 13 heteroatoms. The minimum atomic E-state index is -1.11. The van der Waals surface area contributed by atoms with Crippen LogP contribution in [0.4, 0.5) is 14.5 Å². The first-order valence-electron chi connectivity index (χ1n) is 15.1. The van der Waals surface area contributed by atoms with Crippen molar-refractivity contribution in [2.24, 2.45) is 0 Å². The summed E-state index contributed by atoms with van der Waals surface area (Å²) < 4.78 is 43.2. The Morgan fingerprint density at radius 3 is 2.64 bits per heavy atom.